The van der Waals surface area contributed by atoms with Crippen molar-refractivity contribution in [2.24, 2.45) is 0 Å². The topological polar surface area (TPSA) is 55.0 Å². The second kappa shape index (κ2) is 7.80. The molecule has 13 heavy (non-hydrogen) atoms. The van der Waals surface area contributed by atoms with E-state index >= 15 is 0 Å². The van der Waals surface area contributed by atoms with Crippen LogP contribution < -0.4 is 5.41 Å². The molecule has 0 aromatic rings. The van der Waals surface area contributed by atoms with Gasteiger partial charge in [-0.15, -0.1) is 0 Å². The van der Waals surface area contributed by atoms with Crippen molar-refractivity contribution < 1.29 is 15.3 Å². The molecule has 0 aliphatic carbocycles. The van der Waals surface area contributed by atoms with Gasteiger partial charge in [-0.25, -0.2) is 5.41 Å². The Morgan fingerprint density at radius 3 is 2.46 bits per heavy atom. The van der Waals surface area contributed by atoms with Crippen LogP contribution in [0.15, 0.2) is 12.2 Å². The molecule has 3 heteroatoms. The fourth-order valence-corrected chi connectivity index (χ4v) is 1.03. The number of hydrogen-bond donors (Lipinski definition) is 2. The van der Waals surface area contributed by atoms with Gasteiger partial charge in [-0.1, -0.05) is 18.6 Å². The Morgan fingerprint density at radius 2 is 1.92 bits per heavy atom. The molecule has 0 atom stereocenters. The largest absolute Gasteiger partial charge is 0.451 e. The maximum atomic E-state index is 8.67. The molecule has 0 bridgehead atoms. The summed E-state index contributed by atoms with van der Waals surface area (Å²) in [5.41, 5.74) is 0.906. The van der Waals surface area contributed by atoms with Gasteiger partial charge >= 0.3 is 5.90 Å². The normalized spacial score (nSPS) is 9.69. The number of unbranched alkanes of at least 4 members (excludes halogenated alkanes) is 2. The summed E-state index contributed by atoms with van der Waals surface area (Å²) in [7, 11) is 1.59. The van der Waals surface area contributed by atoms with Crippen molar-refractivity contribution in [3.05, 3.63) is 12.2 Å². The zero-order chi connectivity index (χ0) is 10.1. The zero-order valence-corrected chi connectivity index (χ0v) is 8.38. The lowest BCUT2D eigenvalue weighted by molar-refractivity contribution is -0.140. The molecular formula is C10H20NO2+. The van der Waals surface area contributed by atoms with Gasteiger partial charge in [0.2, 0.25) is 0 Å². The number of ether oxygens (including phenoxy) is 1. The van der Waals surface area contributed by atoms with Crippen LogP contribution in [0.3, 0.4) is 0 Å². The summed E-state index contributed by atoms with van der Waals surface area (Å²) in [5.74, 6) is 0.598. The van der Waals surface area contributed by atoms with Gasteiger partial charge in [0, 0.05) is 0 Å². The van der Waals surface area contributed by atoms with Crippen molar-refractivity contribution in [2.45, 2.75) is 32.1 Å². The third-order valence-electron chi connectivity index (χ3n) is 1.94. The molecule has 0 fully saturated rings. The summed E-state index contributed by atoms with van der Waals surface area (Å²) in [4.78, 5) is 0. The predicted octanol–water partition coefficient (Wildman–Crippen LogP) is 0.289. The number of aliphatic hydroxyl groups excluding tert-OH is 1. The lowest BCUT2D eigenvalue weighted by Gasteiger charge is -2.01. The minimum absolute atomic E-state index is 0.104. The molecule has 0 aromatic heterocycles. The van der Waals surface area contributed by atoms with Crippen molar-refractivity contribution in [3.63, 3.8) is 0 Å². The molecule has 3 N–H and O–H groups in total. The Hall–Kier alpha value is -0.830. The molecule has 0 spiro atoms. The fraction of sp³-hybridized carbons (Fsp3) is 0.700. The van der Waals surface area contributed by atoms with Gasteiger partial charge in [0.15, 0.2) is 0 Å². The van der Waals surface area contributed by atoms with Crippen LogP contribution in [0.4, 0.5) is 0 Å². The monoisotopic (exact) mass is 186 g/mol. The number of hydrogen-bond acceptors (Lipinski definition) is 2. The van der Waals surface area contributed by atoms with Crippen LogP contribution in [0.25, 0.3) is 0 Å². The Kier molecular flexibility index (Phi) is 7.30. The molecule has 3 nitrogen and oxygen atoms in total. The van der Waals surface area contributed by atoms with Crippen LogP contribution in [0, 0.1) is 0 Å². The van der Waals surface area contributed by atoms with E-state index in [-0.39, 0.29) is 6.61 Å². The van der Waals surface area contributed by atoms with Crippen molar-refractivity contribution in [1.82, 2.24) is 0 Å². The minimum Gasteiger partial charge on any atom is -0.451 e. The highest BCUT2D eigenvalue weighted by Gasteiger charge is 2.00. The SMILES string of the molecule is C=C(CO)CCCCCC(=[NH2+])OC. The predicted molar refractivity (Wildman–Crippen MR) is 53.3 cm³/mol. The zero-order valence-electron chi connectivity index (χ0n) is 8.38. The van der Waals surface area contributed by atoms with E-state index in [1.165, 1.54) is 0 Å². The first-order valence-corrected chi connectivity index (χ1v) is 4.63. The standard InChI is InChI=1S/C10H19NO2/c1-9(8-12)6-4-3-5-7-10(11)13-2/h11-12H,1,3-8H2,2H3/p+1. The molecule has 0 rings (SSSR count). The Balaban J connectivity index is 3.17. The van der Waals surface area contributed by atoms with E-state index in [9.17, 15) is 0 Å². The number of rotatable bonds is 7. The molecular weight excluding hydrogens is 166 g/mol. The Bertz CT molecular complexity index is 148. The number of methoxy groups -OCH3 is 1. The first-order chi connectivity index (χ1) is 6.20. The minimum atomic E-state index is 0.104. The molecule has 0 amide bonds. The second-order valence-electron chi connectivity index (χ2n) is 3.14. The van der Waals surface area contributed by atoms with Crippen LogP contribution in [0.5, 0.6) is 0 Å². The number of nitrogens with two attached hydrogens (primary N) is 1. The molecule has 0 aliphatic rings. The first kappa shape index (κ1) is 12.2. The average Bonchev–Trinajstić information content (AvgIpc) is 2.16. The summed E-state index contributed by atoms with van der Waals surface area (Å²) in [6.45, 7) is 3.82. The quantitative estimate of drug-likeness (QED) is 0.260. The summed E-state index contributed by atoms with van der Waals surface area (Å²) in [5, 5.41) is 14.2. The molecule has 0 unspecified atom stereocenters. The van der Waals surface area contributed by atoms with E-state index in [0.29, 0.717) is 5.90 Å². The van der Waals surface area contributed by atoms with Crippen LogP contribution in [-0.4, -0.2) is 24.7 Å². The van der Waals surface area contributed by atoms with Crippen molar-refractivity contribution >= 4 is 5.90 Å². The summed E-state index contributed by atoms with van der Waals surface area (Å²) in [6.07, 6.45) is 4.93. The molecule has 0 aliphatic heterocycles. The van der Waals surface area contributed by atoms with Gasteiger partial charge < -0.3 is 9.84 Å². The first-order valence-electron chi connectivity index (χ1n) is 4.63. The Morgan fingerprint density at radius 1 is 1.31 bits per heavy atom. The van der Waals surface area contributed by atoms with Gasteiger partial charge in [-0.2, -0.15) is 0 Å². The number of aliphatic hydroxyl groups is 1. The van der Waals surface area contributed by atoms with E-state index < -0.39 is 0 Å². The van der Waals surface area contributed by atoms with Gasteiger partial charge in [0.1, 0.15) is 0 Å². The molecule has 0 saturated heterocycles. The van der Waals surface area contributed by atoms with Crippen LogP contribution in [0.1, 0.15) is 32.1 Å². The molecule has 0 radical (unpaired) electrons. The van der Waals surface area contributed by atoms with E-state index in [1.807, 2.05) is 0 Å². The van der Waals surface area contributed by atoms with E-state index in [2.05, 4.69) is 6.58 Å². The summed E-state index contributed by atoms with van der Waals surface area (Å²) in [6, 6.07) is 0. The lowest BCUT2D eigenvalue weighted by Crippen LogP contribution is -2.40. The van der Waals surface area contributed by atoms with Crippen LogP contribution in [-0.2, 0) is 4.74 Å². The lowest BCUT2D eigenvalue weighted by atomic mass is 10.1. The highest BCUT2D eigenvalue weighted by molar-refractivity contribution is 5.68. The summed E-state index contributed by atoms with van der Waals surface area (Å²) >= 11 is 0. The van der Waals surface area contributed by atoms with Gasteiger partial charge in [-0.3, -0.25) is 0 Å². The third kappa shape index (κ3) is 7.53. The average molecular weight is 186 g/mol. The third-order valence-corrected chi connectivity index (χ3v) is 1.94. The van der Waals surface area contributed by atoms with E-state index in [0.717, 1.165) is 37.7 Å². The smallest absolute Gasteiger partial charge is 0.332 e. The highest BCUT2D eigenvalue weighted by atomic mass is 16.5. The van der Waals surface area contributed by atoms with Gasteiger partial charge in [-0.05, 0) is 19.3 Å². The molecule has 76 valence electrons. The van der Waals surface area contributed by atoms with Gasteiger partial charge in [0.05, 0.1) is 20.1 Å². The maximum Gasteiger partial charge on any atom is 0.332 e. The molecule has 0 aromatic carbocycles. The van der Waals surface area contributed by atoms with Crippen molar-refractivity contribution in [3.8, 4) is 0 Å². The van der Waals surface area contributed by atoms with Crippen LogP contribution >= 0.6 is 0 Å². The van der Waals surface area contributed by atoms with Crippen molar-refractivity contribution in [2.75, 3.05) is 13.7 Å². The van der Waals surface area contributed by atoms with Gasteiger partial charge in [0.25, 0.3) is 0 Å². The highest BCUT2D eigenvalue weighted by Crippen LogP contribution is 2.07. The fourth-order valence-electron chi connectivity index (χ4n) is 1.03. The second-order valence-corrected chi connectivity index (χ2v) is 3.14. The Labute approximate surface area is 79.9 Å². The van der Waals surface area contributed by atoms with E-state index in [4.69, 9.17) is 15.3 Å². The molecule has 0 heterocycles. The molecule has 0 saturated carbocycles. The summed E-state index contributed by atoms with van der Waals surface area (Å²) < 4.78 is 4.84. The van der Waals surface area contributed by atoms with E-state index in [1.54, 1.807) is 7.11 Å². The van der Waals surface area contributed by atoms with Crippen LogP contribution in [0.2, 0.25) is 0 Å². The maximum absolute atomic E-state index is 8.67. The van der Waals surface area contributed by atoms with Crippen molar-refractivity contribution in [1.29, 1.82) is 0 Å².